The van der Waals surface area contributed by atoms with Crippen molar-refractivity contribution >= 4 is 0 Å². The molecule has 6 rings (SSSR count). The van der Waals surface area contributed by atoms with E-state index in [2.05, 4.69) is 33.8 Å². The van der Waals surface area contributed by atoms with Crippen LogP contribution in [0.15, 0.2) is 11.6 Å². The molecule has 1 spiro atoms. The summed E-state index contributed by atoms with van der Waals surface area (Å²) >= 11 is 0. The van der Waals surface area contributed by atoms with Crippen molar-refractivity contribution < 1.29 is 14.6 Å². The summed E-state index contributed by atoms with van der Waals surface area (Å²) in [5.74, 6) is 3.94. The summed E-state index contributed by atoms with van der Waals surface area (Å²) in [6.07, 6.45) is 13.5. The number of hydrogen-bond donors (Lipinski definition) is 1. The predicted octanol–water partition coefficient (Wildman–Crippen LogP) is 5.71. The van der Waals surface area contributed by atoms with E-state index in [-0.39, 0.29) is 11.9 Å². The van der Waals surface area contributed by atoms with Crippen LogP contribution in [0.2, 0.25) is 0 Å². The van der Waals surface area contributed by atoms with Crippen molar-refractivity contribution in [2.24, 2.45) is 46.3 Å². The van der Waals surface area contributed by atoms with Crippen molar-refractivity contribution in [3.63, 3.8) is 0 Å². The highest BCUT2D eigenvalue weighted by atomic mass is 16.7. The summed E-state index contributed by atoms with van der Waals surface area (Å²) in [7, 11) is 0. The fourth-order valence-electron chi connectivity index (χ4n) is 9.66. The second kappa shape index (κ2) is 6.58. The Morgan fingerprint density at radius 1 is 1.03 bits per heavy atom. The topological polar surface area (TPSA) is 38.7 Å². The van der Waals surface area contributed by atoms with Gasteiger partial charge in [0.15, 0.2) is 5.79 Å². The molecule has 0 unspecified atom stereocenters. The van der Waals surface area contributed by atoms with Crippen molar-refractivity contribution in [1.29, 1.82) is 0 Å². The van der Waals surface area contributed by atoms with E-state index in [1.807, 2.05) is 0 Å². The lowest BCUT2D eigenvalue weighted by molar-refractivity contribution is -0.272. The van der Waals surface area contributed by atoms with Crippen LogP contribution in [0.4, 0.5) is 0 Å². The molecule has 3 nitrogen and oxygen atoms in total. The van der Waals surface area contributed by atoms with Crippen LogP contribution in [-0.4, -0.2) is 29.7 Å². The fourth-order valence-corrected chi connectivity index (χ4v) is 9.66. The smallest absolute Gasteiger partial charge is 0.171 e. The molecule has 1 N–H and O–H groups in total. The number of hydrogen-bond acceptors (Lipinski definition) is 3. The van der Waals surface area contributed by atoms with E-state index in [9.17, 15) is 5.11 Å². The average Bonchev–Trinajstić information content (AvgIpc) is 3.16. The molecule has 0 radical (unpaired) electrons. The maximum absolute atomic E-state index is 10.3. The van der Waals surface area contributed by atoms with Crippen molar-refractivity contribution in [3.8, 4) is 0 Å². The highest BCUT2D eigenvalue weighted by Crippen LogP contribution is 2.70. The summed E-state index contributed by atoms with van der Waals surface area (Å²) in [5, 5.41) is 10.3. The van der Waals surface area contributed by atoms with Gasteiger partial charge in [0, 0.05) is 12.3 Å². The van der Waals surface area contributed by atoms with Crippen molar-refractivity contribution in [2.45, 2.75) is 103 Å². The zero-order valence-corrected chi connectivity index (χ0v) is 19.5. The summed E-state index contributed by atoms with van der Waals surface area (Å²) in [6.45, 7) is 10.8. The van der Waals surface area contributed by atoms with Crippen LogP contribution in [0.5, 0.6) is 0 Å². The first kappa shape index (κ1) is 20.2. The minimum absolute atomic E-state index is 0.107. The SMILES string of the molecule is C[C@@H]1CC[C@@]2(OC1)O[C@H]1C[C@@H]3[C@H]4CC=C5C[C@@H](O)CC[C@]5(C)[C@@H]4CC[C@]3(C)[C@@H]1[C@@H]2C. The molecule has 0 amide bonds. The molecule has 4 aliphatic carbocycles. The average molecular weight is 415 g/mol. The van der Waals surface area contributed by atoms with E-state index in [4.69, 9.17) is 9.47 Å². The Bertz CT molecular complexity index is 736. The third-order valence-electron chi connectivity index (χ3n) is 11.3. The van der Waals surface area contributed by atoms with Gasteiger partial charge >= 0.3 is 0 Å². The van der Waals surface area contributed by atoms with Gasteiger partial charge in [-0.05, 0) is 91.8 Å². The van der Waals surface area contributed by atoms with Gasteiger partial charge in [-0.3, -0.25) is 0 Å². The lowest BCUT2D eigenvalue weighted by atomic mass is 9.47. The summed E-state index contributed by atoms with van der Waals surface area (Å²) in [6, 6.07) is 0. The third-order valence-corrected chi connectivity index (χ3v) is 11.3. The summed E-state index contributed by atoms with van der Waals surface area (Å²) in [4.78, 5) is 0. The Labute approximate surface area is 183 Å². The van der Waals surface area contributed by atoms with E-state index < -0.39 is 0 Å². The lowest BCUT2D eigenvalue weighted by Gasteiger charge is -2.58. The minimum Gasteiger partial charge on any atom is -0.393 e. The van der Waals surface area contributed by atoms with Gasteiger partial charge in [0.2, 0.25) is 0 Å². The molecule has 5 fully saturated rings. The van der Waals surface area contributed by atoms with Gasteiger partial charge in [-0.2, -0.15) is 0 Å². The standard InChI is InChI=1S/C27H42O3/c1-16-7-12-27(29-15-16)17(2)24-23(30-27)14-22-20-6-5-18-13-19(28)8-10-25(18,3)21(20)9-11-26(22,24)4/h5,16-17,19-24,28H,6-15H2,1-4H3/t16-,17+,19+,20+,21-,22-,23+,24-,25+,26+,27-/m1/s1. The van der Waals surface area contributed by atoms with Crippen LogP contribution >= 0.6 is 0 Å². The molecule has 168 valence electrons. The molecule has 0 aromatic carbocycles. The lowest BCUT2D eigenvalue weighted by Crippen LogP contribution is -2.52. The third kappa shape index (κ3) is 2.55. The largest absolute Gasteiger partial charge is 0.393 e. The first-order valence-corrected chi connectivity index (χ1v) is 13.0. The molecular weight excluding hydrogens is 372 g/mol. The molecule has 3 heteroatoms. The van der Waals surface area contributed by atoms with Gasteiger partial charge in [-0.25, -0.2) is 0 Å². The van der Waals surface area contributed by atoms with Crippen molar-refractivity contribution in [3.05, 3.63) is 11.6 Å². The highest BCUT2D eigenvalue weighted by Gasteiger charge is 2.68. The quantitative estimate of drug-likeness (QED) is 0.516. The molecule has 30 heavy (non-hydrogen) atoms. The normalized spacial score (nSPS) is 59.8. The van der Waals surface area contributed by atoms with E-state index >= 15 is 0 Å². The van der Waals surface area contributed by atoms with Gasteiger partial charge < -0.3 is 14.6 Å². The van der Waals surface area contributed by atoms with Crippen molar-refractivity contribution in [1.82, 2.24) is 0 Å². The molecule has 0 aromatic rings. The monoisotopic (exact) mass is 414 g/mol. The van der Waals surface area contributed by atoms with Crippen LogP contribution < -0.4 is 0 Å². The van der Waals surface area contributed by atoms with Gasteiger partial charge in [-0.1, -0.05) is 39.3 Å². The summed E-state index contributed by atoms with van der Waals surface area (Å²) < 4.78 is 13.3. The Hall–Kier alpha value is -0.380. The number of fused-ring (bicyclic) bond motifs is 7. The van der Waals surface area contributed by atoms with E-state index in [1.165, 1.54) is 38.5 Å². The Balaban J connectivity index is 1.28. The Morgan fingerprint density at radius 2 is 1.87 bits per heavy atom. The van der Waals surface area contributed by atoms with Gasteiger partial charge in [0.25, 0.3) is 0 Å². The van der Waals surface area contributed by atoms with Gasteiger partial charge in [-0.15, -0.1) is 0 Å². The van der Waals surface area contributed by atoms with Crippen LogP contribution in [0.3, 0.4) is 0 Å². The zero-order chi connectivity index (χ0) is 20.9. The molecule has 6 aliphatic rings. The number of allylic oxidation sites excluding steroid dienone is 1. The molecule has 2 heterocycles. The Morgan fingerprint density at radius 3 is 2.63 bits per heavy atom. The molecule has 0 bridgehead atoms. The molecule has 3 saturated carbocycles. The molecule has 2 saturated heterocycles. The van der Waals surface area contributed by atoms with Gasteiger partial charge in [0.1, 0.15) is 0 Å². The van der Waals surface area contributed by atoms with Crippen molar-refractivity contribution in [2.75, 3.05) is 6.61 Å². The predicted molar refractivity (Wildman–Crippen MR) is 118 cm³/mol. The second-order valence-corrected chi connectivity index (χ2v) is 12.7. The maximum atomic E-state index is 10.3. The van der Waals surface area contributed by atoms with Gasteiger partial charge in [0.05, 0.1) is 18.8 Å². The number of aliphatic hydroxyl groups excluding tert-OH is 1. The van der Waals surface area contributed by atoms with E-state index in [1.54, 1.807) is 5.57 Å². The Kier molecular flexibility index (Phi) is 4.44. The summed E-state index contributed by atoms with van der Waals surface area (Å²) in [5.41, 5.74) is 2.31. The van der Waals surface area contributed by atoms with Crippen LogP contribution in [-0.2, 0) is 9.47 Å². The highest BCUT2D eigenvalue weighted by molar-refractivity contribution is 5.26. The van der Waals surface area contributed by atoms with E-state index in [0.717, 1.165) is 43.6 Å². The number of rotatable bonds is 0. The first-order valence-electron chi connectivity index (χ1n) is 13.0. The second-order valence-electron chi connectivity index (χ2n) is 12.7. The molecular formula is C27H42O3. The minimum atomic E-state index is -0.294. The number of ether oxygens (including phenoxy) is 2. The molecule has 11 atom stereocenters. The maximum Gasteiger partial charge on any atom is 0.171 e. The van der Waals surface area contributed by atoms with E-state index in [0.29, 0.717) is 34.7 Å². The van der Waals surface area contributed by atoms with Crippen LogP contribution in [0.1, 0.15) is 85.5 Å². The first-order chi connectivity index (χ1) is 14.3. The van der Waals surface area contributed by atoms with Crippen LogP contribution in [0, 0.1) is 46.3 Å². The zero-order valence-electron chi connectivity index (χ0n) is 19.5. The fraction of sp³-hybridized carbons (Fsp3) is 0.926. The number of aliphatic hydroxyl groups is 1. The van der Waals surface area contributed by atoms with Crippen LogP contribution in [0.25, 0.3) is 0 Å². The molecule has 2 aliphatic heterocycles. The molecule has 0 aromatic heterocycles.